The Morgan fingerprint density at radius 1 is 1.07 bits per heavy atom. The molecule has 1 amide bonds. The summed E-state index contributed by atoms with van der Waals surface area (Å²) in [5.41, 5.74) is 1.74. The summed E-state index contributed by atoms with van der Waals surface area (Å²) in [5.74, 6) is -0.0776. The van der Waals surface area contributed by atoms with E-state index in [9.17, 15) is 4.79 Å². The molecule has 7 heteroatoms. The van der Waals surface area contributed by atoms with E-state index in [1.54, 1.807) is 11.0 Å². The number of hydrogen-bond donors (Lipinski definition) is 0. The molecular weight excluding hydrogens is 425 g/mol. The Hall–Kier alpha value is -1.92. The second-order valence-corrected chi connectivity index (χ2v) is 7.76. The van der Waals surface area contributed by atoms with Crippen molar-refractivity contribution in [2.45, 2.75) is 13.8 Å². The Bertz CT molecular complexity index is 955. The largest absolute Gasteiger partial charge is 0.302 e. The molecule has 2 aromatic carbocycles. The maximum absolute atomic E-state index is 13.0. The van der Waals surface area contributed by atoms with E-state index in [1.165, 1.54) is 11.3 Å². The van der Waals surface area contributed by atoms with Gasteiger partial charge in [0.15, 0.2) is 5.13 Å². The highest BCUT2D eigenvalue weighted by molar-refractivity contribution is 7.22. The quantitative estimate of drug-likeness (QED) is 0.410. The van der Waals surface area contributed by atoms with Gasteiger partial charge in [-0.05, 0) is 36.9 Å². The van der Waals surface area contributed by atoms with Crippen LogP contribution in [0.2, 0.25) is 5.02 Å². The fourth-order valence-corrected chi connectivity index (χ4v) is 4.22. The van der Waals surface area contributed by atoms with E-state index in [-0.39, 0.29) is 18.3 Å². The fourth-order valence-electron chi connectivity index (χ4n) is 2.92. The smallest absolute Gasteiger partial charge is 0.252 e. The van der Waals surface area contributed by atoms with Gasteiger partial charge in [-0.3, -0.25) is 9.69 Å². The summed E-state index contributed by atoms with van der Waals surface area (Å²) in [5, 5.41) is 1.29. The molecule has 0 aliphatic carbocycles. The summed E-state index contributed by atoms with van der Waals surface area (Å²) >= 11 is 7.78. The number of hydrogen-bond acceptors (Lipinski definition) is 4. The summed E-state index contributed by atoms with van der Waals surface area (Å²) in [6.45, 7) is 7.53. The molecular formula is C22H25Cl2N3OS. The highest BCUT2D eigenvalue weighted by Crippen LogP contribution is 2.33. The van der Waals surface area contributed by atoms with Gasteiger partial charge in [-0.2, -0.15) is 0 Å². The minimum Gasteiger partial charge on any atom is -0.302 e. The van der Waals surface area contributed by atoms with E-state index >= 15 is 0 Å². The van der Waals surface area contributed by atoms with E-state index < -0.39 is 0 Å². The predicted molar refractivity (Wildman–Crippen MR) is 127 cm³/mol. The van der Waals surface area contributed by atoms with Crippen LogP contribution in [0.1, 0.15) is 19.4 Å². The molecule has 29 heavy (non-hydrogen) atoms. The number of halogens is 2. The highest BCUT2D eigenvalue weighted by Gasteiger charge is 2.19. The van der Waals surface area contributed by atoms with Crippen molar-refractivity contribution in [3.8, 4) is 0 Å². The fraction of sp³-hybridized carbons (Fsp3) is 0.273. The Balaban J connectivity index is 0.00000300. The molecule has 1 aromatic heterocycles. The summed E-state index contributed by atoms with van der Waals surface area (Å²) in [4.78, 5) is 21.7. The number of para-hydroxylation sites is 1. The zero-order chi connectivity index (χ0) is 19.9. The van der Waals surface area contributed by atoms with Gasteiger partial charge < -0.3 is 4.90 Å². The third-order valence-corrected chi connectivity index (χ3v) is 5.96. The van der Waals surface area contributed by atoms with Crippen LogP contribution in [-0.4, -0.2) is 42.0 Å². The molecule has 0 saturated heterocycles. The molecule has 0 unspecified atom stereocenters. The number of rotatable bonds is 8. The Kier molecular flexibility index (Phi) is 9.11. The molecule has 0 saturated carbocycles. The lowest BCUT2D eigenvalue weighted by atomic mass is 10.2. The number of amides is 1. The van der Waals surface area contributed by atoms with Crippen molar-refractivity contribution in [1.82, 2.24) is 9.88 Å². The number of anilines is 1. The SMILES string of the molecule is CCN(CC)CCN(C(=O)C=Cc1ccccc1)c1nc2c(Cl)cccc2s1.Cl. The van der Waals surface area contributed by atoms with E-state index in [1.807, 2.05) is 54.6 Å². The van der Waals surface area contributed by atoms with Crippen LogP contribution in [0.5, 0.6) is 0 Å². The van der Waals surface area contributed by atoms with Gasteiger partial charge in [-0.25, -0.2) is 4.98 Å². The van der Waals surface area contributed by atoms with E-state index in [2.05, 4.69) is 23.7 Å². The van der Waals surface area contributed by atoms with Crippen LogP contribution in [0.3, 0.4) is 0 Å². The van der Waals surface area contributed by atoms with Gasteiger partial charge >= 0.3 is 0 Å². The van der Waals surface area contributed by atoms with Crippen LogP contribution in [0.4, 0.5) is 5.13 Å². The molecule has 0 radical (unpaired) electrons. The summed E-state index contributed by atoms with van der Waals surface area (Å²) in [7, 11) is 0. The predicted octanol–water partition coefficient (Wildman–Crippen LogP) is 5.76. The van der Waals surface area contributed by atoms with Gasteiger partial charge in [0, 0.05) is 19.2 Å². The molecule has 0 aliphatic rings. The van der Waals surface area contributed by atoms with Crippen LogP contribution < -0.4 is 4.90 Å². The van der Waals surface area contributed by atoms with Crippen LogP contribution in [0.15, 0.2) is 54.6 Å². The minimum absolute atomic E-state index is 0. The lowest BCUT2D eigenvalue weighted by Gasteiger charge is -2.23. The zero-order valence-corrected chi connectivity index (χ0v) is 18.9. The first-order chi connectivity index (χ1) is 13.6. The molecule has 4 nitrogen and oxygen atoms in total. The van der Waals surface area contributed by atoms with Gasteiger partial charge in [-0.1, -0.05) is 73.2 Å². The Labute approximate surface area is 187 Å². The Morgan fingerprint density at radius 2 is 1.79 bits per heavy atom. The monoisotopic (exact) mass is 449 g/mol. The first-order valence-electron chi connectivity index (χ1n) is 9.44. The summed E-state index contributed by atoms with van der Waals surface area (Å²) in [6.07, 6.45) is 3.46. The molecule has 0 fully saturated rings. The second kappa shape index (κ2) is 11.3. The maximum atomic E-state index is 13.0. The zero-order valence-electron chi connectivity index (χ0n) is 16.5. The standard InChI is InChI=1S/C22H24ClN3OS.ClH/c1-3-25(4-2)15-16-26(20(27)14-13-17-9-6-5-7-10-17)22-24-21-18(23)11-8-12-19(21)28-22;/h5-14H,3-4,15-16H2,1-2H3;1H. The molecule has 0 bridgehead atoms. The molecule has 3 rings (SSSR count). The third-order valence-electron chi connectivity index (χ3n) is 4.61. The normalized spacial score (nSPS) is 11.2. The van der Waals surface area contributed by atoms with Crippen LogP contribution >= 0.6 is 35.3 Å². The van der Waals surface area contributed by atoms with Gasteiger partial charge in [0.05, 0.1) is 9.72 Å². The van der Waals surface area contributed by atoms with Crippen molar-refractivity contribution >= 4 is 62.7 Å². The van der Waals surface area contributed by atoms with Crippen molar-refractivity contribution in [2.75, 3.05) is 31.1 Å². The van der Waals surface area contributed by atoms with Crippen molar-refractivity contribution in [1.29, 1.82) is 0 Å². The number of aromatic nitrogens is 1. The van der Waals surface area contributed by atoms with Crippen molar-refractivity contribution in [2.24, 2.45) is 0 Å². The first-order valence-corrected chi connectivity index (χ1v) is 10.6. The van der Waals surface area contributed by atoms with Crippen LogP contribution in [-0.2, 0) is 4.79 Å². The van der Waals surface area contributed by atoms with Crippen LogP contribution in [0, 0.1) is 0 Å². The van der Waals surface area contributed by atoms with Gasteiger partial charge in [0.25, 0.3) is 5.91 Å². The minimum atomic E-state index is -0.0776. The second-order valence-electron chi connectivity index (χ2n) is 6.34. The number of thiazole rings is 1. The van der Waals surface area contributed by atoms with Crippen molar-refractivity contribution in [3.63, 3.8) is 0 Å². The molecule has 0 aliphatic heterocycles. The van der Waals surface area contributed by atoms with Crippen molar-refractivity contribution in [3.05, 3.63) is 65.2 Å². The summed E-state index contributed by atoms with van der Waals surface area (Å²) < 4.78 is 0.982. The van der Waals surface area contributed by atoms with E-state index in [4.69, 9.17) is 11.6 Å². The van der Waals surface area contributed by atoms with E-state index in [0.29, 0.717) is 16.7 Å². The molecule has 154 valence electrons. The van der Waals surface area contributed by atoms with Crippen molar-refractivity contribution < 1.29 is 4.79 Å². The number of fused-ring (bicyclic) bond motifs is 1. The molecule has 0 atom stereocenters. The van der Waals surface area contributed by atoms with Crippen LogP contribution in [0.25, 0.3) is 16.3 Å². The summed E-state index contributed by atoms with van der Waals surface area (Å²) in [6, 6.07) is 15.5. The molecule has 3 aromatic rings. The number of carbonyl (C=O) groups is 1. The maximum Gasteiger partial charge on any atom is 0.252 e. The average molecular weight is 450 g/mol. The van der Waals surface area contributed by atoms with E-state index in [0.717, 1.165) is 35.4 Å². The molecule has 1 heterocycles. The number of benzene rings is 2. The molecule has 0 N–H and O–H groups in total. The van der Waals surface area contributed by atoms with Gasteiger partial charge in [0.1, 0.15) is 5.52 Å². The van der Waals surface area contributed by atoms with Gasteiger partial charge in [-0.15, -0.1) is 12.4 Å². The van der Waals surface area contributed by atoms with Gasteiger partial charge in [0.2, 0.25) is 0 Å². The first kappa shape index (κ1) is 23.4. The average Bonchev–Trinajstić information content (AvgIpc) is 3.15. The lowest BCUT2D eigenvalue weighted by molar-refractivity contribution is -0.114. The topological polar surface area (TPSA) is 36.4 Å². The lowest BCUT2D eigenvalue weighted by Crippen LogP contribution is -2.38. The third kappa shape index (κ3) is 6.03. The number of carbonyl (C=O) groups excluding carboxylic acids is 1. The number of likely N-dealkylation sites (N-methyl/N-ethyl adjacent to an activating group) is 1. The highest BCUT2D eigenvalue weighted by atomic mass is 35.5. The Morgan fingerprint density at radius 3 is 2.45 bits per heavy atom. The molecule has 0 spiro atoms. The number of nitrogens with zero attached hydrogens (tertiary/aromatic N) is 3.